The molecule has 0 saturated carbocycles. The fourth-order valence-electron chi connectivity index (χ4n) is 1.52. The van der Waals surface area contributed by atoms with Gasteiger partial charge < -0.3 is 10.1 Å². The van der Waals surface area contributed by atoms with Crippen molar-refractivity contribution in [2.75, 3.05) is 18.5 Å². The third kappa shape index (κ3) is 4.96. The number of alkyl halides is 1. The van der Waals surface area contributed by atoms with E-state index < -0.39 is 0 Å². The van der Waals surface area contributed by atoms with Crippen LogP contribution in [0.15, 0.2) is 0 Å². The van der Waals surface area contributed by atoms with Gasteiger partial charge in [0.15, 0.2) is 0 Å². The first-order valence-corrected chi connectivity index (χ1v) is 6.38. The molecule has 82 valence electrons. The third-order valence-corrected chi connectivity index (χ3v) is 2.93. The van der Waals surface area contributed by atoms with E-state index in [9.17, 15) is 4.79 Å². The van der Waals surface area contributed by atoms with Crippen molar-refractivity contribution >= 4 is 21.8 Å². The minimum absolute atomic E-state index is 0.192. The van der Waals surface area contributed by atoms with Gasteiger partial charge in [-0.3, -0.25) is 4.79 Å². The molecule has 0 radical (unpaired) electrons. The molecule has 1 saturated heterocycles. The Morgan fingerprint density at radius 1 is 1.36 bits per heavy atom. The molecule has 4 heteroatoms. The first-order chi connectivity index (χ1) is 6.83. The van der Waals surface area contributed by atoms with E-state index in [-0.39, 0.29) is 5.91 Å². The maximum Gasteiger partial charge on any atom is 0.220 e. The van der Waals surface area contributed by atoms with E-state index in [4.69, 9.17) is 4.74 Å². The number of hydrogen-bond donors (Lipinski definition) is 1. The fourth-order valence-corrected chi connectivity index (χ4v) is 1.92. The Morgan fingerprint density at radius 3 is 2.71 bits per heavy atom. The minimum atomic E-state index is 0.192. The Morgan fingerprint density at radius 2 is 2.07 bits per heavy atom. The van der Waals surface area contributed by atoms with E-state index in [2.05, 4.69) is 21.2 Å². The average Bonchev–Trinajstić information content (AvgIpc) is 2.20. The fraction of sp³-hybridized carbons (Fsp3) is 0.900. The maximum atomic E-state index is 11.4. The minimum Gasteiger partial charge on any atom is -0.381 e. The average molecular weight is 264 g/mol. The SMILES string of the molecule is O=C(CCCCBr)NC1CCOCC1. The molecule has 1 heterocycles. The smallest absolute Gasteiger partial charge is 0.220 e. The van der Waals surface area contributed by atoms with Gasteiger partial charge in [0.2, 0.25) is 5.91 Å². The molecular weight excluding hydrogens is 246 g/mol. The molecule has 1 fully saturated rings. The van der Waals surface area contributed by atoms with Crippen LogP contribution in [-0.4, -0.2) is 30.5 Å². The number of amides is 1. The topological polar surface area (TPSA) is 38.3 Å². The first-order valence-electron chi connectivity index (χ1n) is 5.26. The van der Waals surface area contributed by atoms with Crippen LogP contribution in [0.1, 0.15) is 32.1 Å². The van der Waals surface area contributed by atoms with Crippen molar-refractivity contribution in [1.82, 2.24) is 5.32 Å². The summed E-state index contributed by atoms with van der Waals surface area (Å²) < 4.78 is 5.22. The van der Waals surface area contributed by atoms with E-state index in [1.165, 1.54) is 0 Å². The molecule has 1 rings (SSSR count). The molecule has 0 aromatic carbocycles. The lowest BCUT2D eigenvalue weighted by Crippen LogP contribution is -2.38. The summed E-state index contributed by atoms with van der Waals surface area (Å²) in [7, 11) is 0. The summed E-state index contributed by atoms with van der Waals surface area (Å²) in [5.41, 5.74) is 0. The van der Waals surface area contributed by atoms with Crippen molar-refractivity contribution in [3.63, 3.8) is 0 Å². The molecule has 0 aromatic rings. The maximum absolute atomic E-state index is 11.4. The highest BCUT2D eigenvalue weighted by molar-refractivity contribution is 9.09. The van der Waals surface area contributed by atoms with E-state index in [0.29, 0.717) is 12.5 Å². The van der Waals surface area contributed by atoms with Crippen LogP contribution in [-0.2, 0) is 9.53 Å². The highest BCUT2D eigenvalue weighted by Gasteiger charge is 2.15. The molecule has 0 spiro atoms. The van der Waals surface area contributed by atoms with Crippen LogP contribution >= 0.6 is 15.9 Å². The predicted octanol–water partition coefficient (Wildman–Crippen LogP) is 1.85. The Bertz CT molecular complexity index is 170. The molecule has 0 aromatic heterocycles. The van der Waals surface area contributed by atoms with Crippen LogP contribution < -0.4 is 5.32 Å². The first kappa shape index (κ1) is 12.0. The summed E-state index contributed by atoms with van der Waals surface area (Å²) in [4.78, 5) is 11.4. The van der Waals surface area contributed by atoms with Gasteiger partial charge in [-0.05, 0) is 25.7 Å². The van der Waals surface area contributed by atoms with E-state index in [1.807, 2.05) is 0 Å². The summed E-state index contributed by atoms with van der Waals surface area (Å²) >= 11 is 3.35. The summed E-state index contributed by atoms with van der Waals surface area (Å²) in [6.45, 7) is 1.57. The van der Waals surface area contributed by atoms with Crippen LogP contribution in [0, 0.1) is 0 Å². The zero-order valence-corrected chi connectivity index (χ0v) is 10.0. The Kier molecular flexibility index (Phi) is 6.19. The molecule has 0 unspecified atom stereocenters. The number of halogens is 1. The summed E-state index contributed by atoms with van der Waals surface area (Å²) in [6, 6.07) is 0.347. The van der Waals surface area contributed by atoms with Gasteiger partial charge in [-0.15, -0.1) is 0 Å². The van der Waals surface area contributed by atoms with Gasteiger partial charge >= 0.3 is 0 Å². The third-order valence-electron chi connectivity index (χ3n) is 2.37. The lowest BCUT2D eigenvalue weighted by atomic mass is 10.1. The number of carbonyl (C=O) groups excluding carboxylic acids is 1. The number of rotatable bonds is 5. The standard InChI is InChI=1S/C10H18BrNO2/c11-6-2-1-3-10(13)12-9-4-7-14-8-5-9/h9H,1-8H2,(H,12,13). The van der Waals surface area contributed by atoms with E-state index in [0.717, 1.165) is 44.2 Å². The molecule has 3 nitrogen and oxygen atoms in total. The normalized spacial score (nSPS) is 18.1. The lowest BCUT2D eigenvalue weighted by Gasteiger charge is -2.23. The number of carbonyl (C=O) groups is 1. The second kappa shape index (κ2) is 7.23. The van der Waals surface area contributed by atoms with Crippen LogP contribution in [0.25, 0.3) is 0 Å². The summed E-state index contributed by atoms with van der Waals surface area (Å²) in [5, 5.41) is 4.03. The molecular formula is C10H18BrNO2. The number of ether oxygens (including phenoxy) is 1. The van der Waals surface area contributed by atoms with Gasteiger partial charge in [0.1, 0.15) is 0 Å². The van der Waals surface area contributed by atoms with Crippen LogP contribution in [0.4, 0.5) is 0 Å². The summed E-state index contributed by atoms with van der Waals surface area (Å²) in [5.74, 6) is 0.192. The lowest BCUT2D eigenvalue weighted by molar-refractivity contribution is -0.122. The van der Waals surface area contributed by atoms with Gasteiger partial charge in [0.05, 0.1) is 0 Å². The molecule has 1 amide bonds. The zero-order chi connectivity index (χ0) is 10.2. The molecule has 0 bridgehead atoms. The Labute approximate surface area is 93.7 Å². The molecule has 14 heavy (non-hydrogen) atoms. The van der Waals surface area contributed by atoms with Crippen molar-refractivity contribution < 1.29 is 9.53 Å². The summed E-state index contributed by atoms with van der Waals surface area (Å²) in [6.07, 6.45) is 4.62. The second-order valence-electron chi connectivity index (χ2n) is 3.60. The largest absolute Gasteiger partial charge is 0.381 e. The van der Waals surface area contributed by atoms with Crippen LogP contribution in [0.5, 0.6) is 0 Å². The number of nitrogens with one attached hydrogen (secondary N) is 1. The Balaban J connectivity index is 2.06. The number of unbranched alkanes of at least 4 members (excludes halogenated alkanes) is 1. The van der Waals surface area contributed by atoms with Gasteiger partial charge in [0, 0.05) is 31.0 Å². The molecule has 1 aliphatic heterocycles. The number of hydrogen-bond acceptors (Lipinski definition) is 2. The molecule has 0 aliphatic carbocycles. The van der Waals surface area contributed by atoms with Gasteiger partial charge in [0.25, 0.3) is 0 Å². The predicted molar refractivity (Wildman–Crippen MR) is 59.6 cm³/mol. The monoisotopic (exact) mass is 263 g/mol. The van der Waals surface area contributed by atoms with Crippen molar-refractivity contribution in [3.05, 3.63) is 0 Å². The van der Waals surface area contributed by atoms with Crippen LogP contribution in [0.3, 0.4) is 0 Å². The second-order valence-corrected chi connectivity index (χ2v) is 4.39. The van der Waals surface area contributed by atoms with Gasteiger partial charge in [-0.25, -0.2) is 0 Å². The molecule has 1 N–H and O–H groups in total. The van der Waals surface area contributed by atoms with Gasteiger partial charge in [-0.2, -0.15) is 0 Å². The molecule has 1 aliphatic rings. The quantitative estimate of drug-likeness (QED) is 0.608. The van der Waals surface area contributed by atoms with E-state index >= 15 is 0 Å². The molecule has 0 atom stereocenters. The highest BCUT2D eigenvalue weighted by Crippen LogP contribution is 2.07. The van der Waals surface area contributed by atoms with Crippen molar-refractivity contribution in [2.45, 2.75) is 38.1 Å². The zero-order valence-electron chi connectivity index (χ0n) is 8.43. The van der Waals surface area contributed by atoms with Crippen molar-refractivity contribution in [3.8, 4) is 0 Å². The highest BCUT2D eigenvalue weighted by atomic mass is 79.9. The Hall–Kier alpha value is -0.0900. The van der Waals surface area contributed by atoms with Gasteiger partial charge in [-0.1, -0.05) is 15.9 Å². The van der Waals surface area contributed by atoms with Crippen molar-refractivity contribution in [2.24, 2.45) is 0 Å². The van der Waals surface area contributed by atoms with Crippen LogP contribution in [0.2, 0.25) is 0 Å². The van der Waals surface area contributed by atoms with Crippen molar-refractivity contribution in [1.29, 1.82) is 0 Å². The van der Waals surface area contributed by atoms with E-state index in [1.54, 1.807) is 0 Å².